The molecule has 0 aliphatic heterocycles. The van der Waals surface area contributed by atoms with Crippen molar-refractivity contribution in [2.45, 2.75) is 0 Å². The molecule has 0 saturated carbocycles. The van der Waals surface area contributed by atoms with E-state index in [9.17, 15) is 0 Å². The maximum absolute atomic E-state index is 7.09. The third-order valence-corrected chi connectivity index (χ3v) is 10.5. The van der Waals surface area contributed by atoms with Crippen LogP contribution in [-0.4, -0.2) is 15.0 Å². The Hall–Kier alpha value is -7.17. The molecule has 4 heteroatoms. The molecule has 9 aromatic carbocycles. The number of hydrogen-bond donors (Lipinski definition) is 0. The number of rotatable bonds is 4. The fraction of sp³-hybridized carbons (Fsp3) is 0. The van der Waals surface area contributed by atoms with Gasteiger partial charge in [-0.25, -0.2) is 15.0 Å². The standard InChI is InChI=1S/C49H29N3O/c1-3-14-30(15-4-1)47-50-48(31-16-5-2-6-17-31)52-49(51-47)41-25-13-24-40-43-28-32-18-7-8-19-34(32)44(46(43)53-45(40)41)33-26-27-39-37-22-10-9-20-35(37)36-21-11-12-23-38(36)42(39)29-33/h1-29H. The van der Waals surface area contributed by atoms with Gasteiger partial charge in [-0.05, 0) is 66.9 Å². The Morgan fingerprint density at radius 1 is 0.302 bits per heavy atom. The Bertz CT molecular complexity index is 3130. The molecule has 0 aliphatic rings. The summed E-state index contributed by atoms with van der Waals surface area (Å²) in [6.45, 7) is 0. The second kappa shape index (κ2) is 11.7. The van der Waals surface area contributed by atoms with Crippen LogP contribution >= 0.6 is 0 Å². The molecule has 0 amide bonds. The van der Waals surface area contributed by atoms with Crippen molar-refractivity contribution in [3.05, 3.63) is 176 Å². The molecule has 4 nitrogen and oxygen atoms in total. The van der Waals surface area contributed by atoms with Crippen molar-refractivity contribution < 1.29 is 4.42 Å². The zero-order valence-corrected chi connectivity index (χ0v) is 28.5. The molecule has 0 saturated heterocycles. The first-order valence-corrected chi connectivity index (χ1v) is 17.9. The monoisotopic (exact) mass is 675 g/mol. The number of para-hydroxylation sites is 1. The minimum atomic E-state index is 0.567. The van der Waals surface area contributed by atoms with E-state index in [1.165, 1.54) is 32.3 Å². The van der Waals surface area contributed by atoms with Crippen molar-refractivity contribution in [1.82, 2.24) is 15.0 Å². The molecule has 0 spiro atoms. The minimum Gasteiger partial charge on any atom is -0.455 e. The first-order valence-electron chi connectivity index (χ1n) is 17.9. The lowest BCUT2D eigenvalue weighted by Crippen LogP contribution is -2.00. The van der Waals surface area contributed by atoms with Crippen molar-refractivity contribution in [2.24, 2.45) is 0 Å². The van der Waals surface area contributed by atoms with E-state index in [1.807, 2.05) is 60.7 Å². The van der Waals surface area contributed by atoms with Crippen LogP contribution in [0.3, 0.4) is 0 Å². The number of nitrogens with zero attached hydrogens (tertiary/aromatic N) is 3. The summed E-state index contributed by atoms with van der Waals surface area (Å²) in [5, 5.41) is 11.9. The number of hydrogen-bond acceptors (Lipinski definition) is 4. The molecule has 2 aromatic heterocycles. The Kier molecular flexibility index (Phi) is 6.52. The minimum absolute atomic E-state index is 0.567. The van der Waals surface area contributed by atoms with Crippen LogP contribution in [0.15, 0.2) is 180 Å². The summed E-state index contributed by atoms with van der Waals surface area (Å²) in [7, 11) is 0. The fourth-order valence-electron chi connectivity index (χ4n) is 8.05. The van der Waals surface area contributed by atoms with Gasteiger partial charge in [0.25, 0.3) is 0 Å². The lowest BCUT2D eigenvalue weighted by Gasteiger charge is -2.13. The highest BCUT2D eigenvalue weighted by Gasteiger charge is 2.22. The van der Waals surface area contributed by atoms with E-state index in [1.54, 1.807) is 0 Å². The molecule has 0 aliphatic carbocycles. The van der Waals surface area contributed by atoms with Crippen LogP contribution in [0.4, 0.5) is 0 Å². The highest BCUT2D eigenvalue weighted by atomic mass is 16.3. The molecule has 246 valence electrons. The molecule has 0 radical (unpaired) electrons. The van der Waals surface area contributed by atoms with Crippen molar-refractivity contribution >= 4 is 65.0 Å². The normalized spacial score (nSPS) is 11.8. The molecule has 0 unspecified atom stereocenters. The average molecular weight is 676 g/mol. The topological polar surface area (TPSA) is 51.8 Å². The molecule has 0 atom stereocenters. The third kappa shape index (κ3) is 4.66. The second-order valence-corrected chi connectivity index (χ2v) is 13.5. The maximum atomic E-state index is 7.09. The van der Waals surface area contributed by atoms with Gasteiger partial charge in [0.1, 0.15) is 11.2 Å². The number of benzene rings is 9. The summed E-state index contributed by atoms with van der Waals surface area (Å²) in [5.41, 5.74) is 6.45. The summed E-state index contributed by atoms with van der Waals surface area (Å²) >= 11 is 0. The Labute approximate surface area is 304 Å². The van der Waals surface area contributed by atoms with Gasteiger partial charge in [0.15, 0.2) is 17.5 Å². The largest absolute Gasteiger partial charge is 0.455 e. The van der Waals surface area contributed by atoms with Gasteiger partial charge in [-0.1, -0.05) is 158 Å². The van der Waals surface area contributed by atoms with Crippen LogP contribution in [0.2, 0.25) is 0 Å². The molecular formula is C49H29N3O. The highest BCUT2D eigenvalue weighted by molar-refractivity contribution is 6.27. The van der Waals surface area contributed by atoms with Crippen LogP contribution in [0.25, 0.3) is 110 Å². The number of furan rings is 1. The molecule has 11 aromatic rings. The third-order valence-electron chi connectivity index (χ3n) is 10.5. The van der Waals surface area contributed by atoms with Crippen LogP contribution in [0.5, 0.6) is 0 Å². The summed E-state index contributed by atoms with van der Waals surface area (Å²) in [4.78, 5) is 15.0. The van der Waals surface area contributed by atoms with Gasteiger partial charge in [0.05, 0.1) is 5.56 Å². The van der Waals surface area contributed by atoms with Crippen molar-refractivity contribution in [3.63, 3.8) is 0 Å². The summed E-state index contributed by atoms with van der Waals surface area (Å²) in [6, 6.07) is 61.6. The molecule has 0 fully saturated rings. The first kappa shape index (κ1) is 29.5. The Balaban J connectivity index is 1.20. The zero-order valence-electron chi connectivity index (χ0n) is 28.5. The van der Waals surface area contributed by atoms with Gasteiger partial charge in [-0.3, -0.25) is 0 Å². The number of aromatic nitrogens is 3. The predicted octanol–water partition coefficient (Wildman–Crippen LogP) is 13.1. The maximum Gasteiger partial charge on any atom is 0.167 e. The van der Waals surface area contributed by atoms with E-state index in [2.05, 4.69) is 115 Å². The smallest absolute Gasteiger partial charge is 0.167 e. The first-order chi connectivity index (χ1) is 26.3. The van der Waals surface area contributed by atoms with E-state index in [-0.39, 0.29) is 0 Å². The van der Waals surface area contributed by atoms with Crippen molar-refractivity contribution in [1.29, 1.82) is 0 Å². The van der Waals surface area contributed by atoms with E-state index in [0.717, 1.165) is 60.5 Å². The van der Waals surface area contributed by atoms with Gasteiger partial charge in [-0.2, -0.15) is 0 Å². The van der Waals surface area contributed by atoms with Crippen molar-refractivity contribution in [3.8, 4) is 45.3 Å². The molecule has 53 heavy (non-hydrogen) atoms. The van der Waals surface area contributed by atoms with E-state index in [0.29, 0.717) is 17.5 Å². The lowest BCUT2D eigenvalue weighted by atomic mass is 9.90. The summed E-state index contributed by atoms with van der Waals surface area (Å²) in [6.07, 6.45) is 0. The van der Waals surface area contributed by atoms with E-state index in [4.69, 9.17) is 19.4 Å². The van der Waals surface area contributed by atoms with Gasteiger partial charge < -0.3 is 4.42 Å². The highest BCUT2D eigenvalue weighted by Crippen LogP contribution is 2.45. The fourth-order valence-corrected chi connectivity index (χ4v) is 8.05. The van der Waals surface area contributed by atoms with E-state index < -0.39 is 0 Å². The molecule has 0 bridgehead atoms. The van der Waals surface area contributed by atoms with Gasteiger partial charge in [0, 0.05) is 27.5 Å². The quantitative estimate of drug-likeness (QED) is 0.174. The van der Waals surface area contributed by atoms with Crippen LogP contribution in [-0.2, 0) is 0 Å². The van der Waals surface area contributed by atoms with Gasteiger partial charge in [0.2, 0.25) is 0 Å². The average Bonchev–Trinajstić information content (AvgIpc) is 3.61. The molecular weight excluding hydrogens is 647 g/mol. The summed E-state index contributed by atoms with van der Waals surface area (Å²) < 4.78 is 7.09. The molecule has 0 N–H and O–H groups in total. The Morgan fingerprint density at radius 3 is 1.45 bits per heavy atom. The molecule has 11 rings (SSSR count). The Morgan fingerprint density at radius 2 is 0.811 bits per heavy atom. The van der Waals surface area contributed by atoms with E-state index >= 15 is 0 Å². The lowest BCUT2D eigenvalue weighted by molar-refractivity contribution is 0.671. The van der Waals surface area contributed by atoms with Crippen LogP contribution in [0, 0.1) is 0 Å². The number of fused-ring (bicyclic) bond motifs is 10. The zero-order chi connectivity index (χ0) is 34.9. The molecule has 2 heterocycles. The van der Waals surface area contributed by atoms with Gasteiger partial charge >= 0.3 is 0 Å². The van der Waals surface area contributed by atoms with Crippen LogP contribution < -0.4 is 0 Å². The van der Waals surface area contributed by atoms with Crippen molar-refractivity contribution in [2.75, 3.05) is 0 Å². The van der Waals surface area contributed by atoms with Gasteiger partial charge in [-0.15, -0.1) is 0 Å². The van der Waals surface area contributed by atoms with Crippen LogP contribution in [0.1, 0.15) is 0 Å². The second-order valence-electron chi connectivity index (χ2n) is 13.5. The summed E-state index contributed by atoms with van der Waals surface area (Å²) in [5.74, 6) is 1.80. The predicted molar refractivity (Wildman–Crippen MR) is 219 cm³/mol. The SMILES string of the molecule is c1ccc(-c2nc(-c3ccccc3)nc(-c3cccc4c3oc3c(-c5ccc6c7ccccc7c7ccccc7c6c5)c5ccccc5cc34)n2)cc1.